The highest BCUT2D eigenvalue weighted by Crippen LogP contribution is 2.61. The van der Waals surface area contributed by atoms with Crippen molar-refractivity contribution in [2.75, 3.05) is 0 Å². The summed E-state index contributed by atoms with van der Waals surface area (Å²) in [6.45, 7) is 8.56. The predicted molar refractivity (Wildman–Crippen MR) is 60.7 cm³/mol. The van der Waals surface area contributed by atoms with Crippen molar-refractivity contribution in [2.24, 2.45) is 11.8 Å². The van der Waals surface area contributed by atoms with Crippen LogP contribution in [0.5, 0.6) is 0 Å². The minimum absolute atomic E-state index is 0.0700. The first kappa shape index (κ1) is 10.2. The van der Waals surface area contributed by atoms with Crippen molar-refractivity contribution in [3.05, 3.63) is 0 Å². The van der Waals surface area contributed by atoms with Gasteiger partial charge in [0.2, 0.25) is 0 Å². The standard InChI is InChI=1S/C12H21BO2/c1-11(2)12(3,4)15-13(14-11)10-7-9(10)8-5-6-8/h8-10H,5-7H2,1-4H3/t9?,10-/m1/s1. The molecule has 3 fully saturated rings. The Morgan fingerprint density at radius 1 is 1.00 bits per heavy atom. The Morgan fingerprint density at radius 2 is 1.53 bits per heavy atom. The van der Waals surface area contributed by atoms with Gasteiger partial charge in [0.25, 0.3) is 0 Å². The summed E-state index contributed by atoms with van der Waals surface area (Å²) in [5, 5.41) is 0. The van der Waals surface area contributed by atoms with Crippen LogP contribution in [0.1, 0.15) is 47.0 Å². The fraction of sp³-hybridized carbons (Fsp3) is 1.00. The van der Waals surface area contributed by atoms with Crippen LogP contribution in [0.25, 0.3) is 0 Å². The maximum atomic E-state index is 6.07. The molecular weight excluding hydrogens is 187 g/mol. The minimum atomic E-state index is -0.144. The van der Waals surface area contributed by atoms with Crippen LogP contribution in [0.15, 0.2) is 0 Å². The summed E-state index contributed by atoms with van der Waals surface area (Å²) in [7, 11) is 0.0700. The fourth-order valence-corrected chi connectivity index (χ4v) is 2.68. The van der Waals surface area contributed by atoms with E-state index in [1.54, 1.807) is 0 Å². The largest absolute Gasteiger partial charge is 0.461 e. The molecule has 15 heavy (non-hydrogen) atoms. The predicted octanol–water partition coefficient (Wildman–Crippen LogP) is 2.88. The van der Waals surface area contributed by atoms with Gasteiger partial charge in [-0.05, 0) is 64.6 Å². The molecule has 3 rings (SSSR count). The molecule has 1 heterocycles. The van der Waals surface area contributed by atoms with Gasteiger partial charge in [-0.2, -0.15) is 0 Å². The van der Waals surface area contributed by atoms with Crippen LogP contribution in [-0.2, 0) is 9.31 Å². The van der Waals surface area contributed by atoms with Gasteiger partial charge in [0.05, 0.1) is 11.2 Å². The molecule has 3 heteroatoms. The first-order chi connectivity index (χ1) is 6.91. The molecule has 0 spiro atoms. The molecule has 1 saturated heterocycles. The molecule has 2 saturated carbocycles. The van der Waals surface area contributed by atoms with E-state index in [9.17, 15) is 0 Å². The van der Waals surface area contributed by atoms with Crippen LogP contribution in [0.2, 0.25) is 5.82 Å². The topological polar surface area (TPSA) is 18.5 Å². The van der Waals surface area contributed by atoms with Crippen LogP contribution in [-0.4, -0.2) is 18.3 Å². The number of rotatable bonds is 2. The highest BCUT2D eigenvalue weighted by molar-refractivity contribution is 6.48. The maximum absolute atomic E-state index is 6.07. The van der Waals surface area contributed by atoms with E-state index >= 15 is 0 Å². The fourth-order valence-electron chi connectivity index (χ4n) is 2.68. The summed E-state index contributed by atoms with van der Waals surface area (Å²) in [5.41, 5.74) is -0.289. The monoisotopic (exact) mass is 208 g/mol. The molecule has 0 amide bonds. The number of hydrogen-bond acceptors (Lipinski definition) is 2. The first-order valence-corrected chi connectivity index (χ1v) is 6.26. The van der Waals surface area contributed by atoms with Gasteiger partial charge in [0, 0.05) is 0 Å². The van der Waals surface area contributed by atoms with Gasteiger partial charge in [0.1, 0.15) is 0 Å². The minimum Gasteiger partial charge on any atom is -0.403 e. The van der Waals surface area contributed by atoms with E-state index in [0.717, 1.165) is 11.8 Å². The van der Waals surface area contributed by atoms with Crippen molar-refractivity contribution >= 4 is 7.12 Å². The SMILES string of the molecule is CC1(C)OB([C@@H]2CC2C2CC2)OC1(C)C. The highest BCUT2D eigenvalue weighted by atomic mass is 16.7. The lowest BCUT2D eigenvalue weighted by molar-refractivity contribution is 0.00578. The summed E-state index contributed by atoms with van der Waals surface area (Å²) in [6.07, 6.45) is 4.23. The van der Waals surface area contributed by atoms with Gasteiger partial charge >= 0.3 is 7.12 Å². The zero-order valence-electron chi connectivity index (χ0n) is 10.2. The number of hydrogen-bond donors (Lipinski definition) is 0. The van der Waals surface area contributed by atoms with Crippen LogP contribution >= 0.6 is 0 Å². The van der Waals surface area contributed by atoms with E-state index in [0.29, 0.717) is 5.82 Å². The van der Waals surface area contributed by atoms with Gasteiger partial charge in [-0.25, -0.2) is 0 Å². The zero-order valence-corrected chi connectivity index (χ0v) is 10.2. The molecule has 2 aliphatic carbocycles. The summed E-state index contributed by atoms with van der Waals surface area (Å²) >= 11 is 0. The molecule has 2 nitrogen and oxygen atoms in total. The second-order valence-electron chi connectivity index (χ2n) is 6.53. The molecule has 0 bridgehead atoms. The molecule has 84 valence electrons. The summed E-state index contributed by atoms with van der Waals surface area (Å²) < 4.78 is 12.1. The molecule has 1 unspecified atom stereocenters. The molecule has 0 N–H and O–H groups in total. The average Bonchev–Trinajstić information content (AvgIpc) is 2.96. The zero-order chi connectivity index (χ0) is 10.8. The van der Waals surface area contributed by atoms with Gasteiger partial charge in [0.15, 0.2) is 0 Å². The van der Waals surface area contributed by atoms with Crippen molar-refractivity contribution in [1.29, 1.82) is 0 Å². The first-order valence-electron chi connectivity index (χ1n) is 6.26. The van der Waals surface area contributed by atoms with Gasteiger partial charge in [-0.15, -0.1) is 0 Å². The lowest BCUT2D eigenvalue weighted by Crippen LogP contribution is -2.41. The lowest BCUT2D eigenvalue weighted by Gasteiger charge is -2.32. The molecular formula is C12H21BO2. The quantitative estimate of drug-likeness (QED) is 0.649. The van der Waals surface area contributed by atoms with Crippen molar-refractivity contribution in [3.8, 4) is 0 Å². The van der Waals surface area contributed by atoms with Crippen molar-refractivity contribution < 1.29 is 9.31 Å². The molecule has 2 atom stereocenters. The molecule has 0 aromatic rings. The van der Waals surface area contributed by atoms with Gasteiger partial charge in [-0.1, -0.05) is 0 Å². The third-order valence-electron chi connectivity index (χ3n) is 4.74. The second kappa shape index (κ2) is 2.81. The normalized spacial score (nSPS) is 42.0. The van der Waals surface area contributed by atoms with Gasteiger partial charge in [-0.3, -0.25) is 0 Å². The van der Waals surface area contributed by atoms with Crippen molar-refractivity contribution in [2.45, 2.75) is 64.0 Å². The molecule has 0 aromatic heterocycles. The van der Waals surface area contributed by atoms with E-state index in [2.05, 4.69) is 27.7 Å². The summed E-state index contributed by atoms with van der Waals surface area (Å²) in [5.74, 6) is 2.62. The summed E-state index contributed by atoms with van der Waals surface area (Å²) in [4.78, 5) is 0. The average molecular weight is 208 g/mol. The van der Waals surface area contributed by atoms with Crippen molar-refractivity contribution in [3.63, 3.8) is 0 Å². The lowest BCUT2D eigenvalue weighted by atomic mass is 9.80. The van der Waals surface area contributed by atoms with Crippen LogP contribution in [0.3, 0.4) is 0 Å². The van der Waals surface area contributed by atoms with E-state index in [4.69, 9.17) is 9.31 Å². The van der Waals surface area contributed by atoms with Crippen molar-refractivity contribution in [1.82, 2.24) is 0 Å². The van der Waals surface area contributed by atoms with Crippen LogP contribution < -0.4 is 0 Å². The van der Waals surface area contributed by atoms with Gasteiger partial charge < -0.3 is 9.31 Å². The Morgan fingerprint density at radius 3 is 2.00 bits per heavy atom. The third-order valence-corrected chi connectivity index (χ3v) is 4.74. The highest BCUT2D eigenvalue weighted by Gasteiger charge is 2.61. The van der Waals surface area contributed by atoms with E-state index in [-0.39, 0.29) is 18.3 Å². The smallest absolute Gasteiger partial charge is 0.403 e. The van der Waals surface area contributed by atoms with E-state index < -0.39 is 0 Å². The molecule has 0 aromatic carbocycles. The Kier molecular flexibility index (Phi) is 1.90. The van der Waals surface area contributed by atoms with Crippen LogP contribution in [0, 0.1) is 11.8 Å². The Labute approximate surface area is 92.9 Å². The maximum Gasteiger partial charge on any atom is 0.461 e. The Hall–Kier alpha value is -0.0151. The van der Waals surface area contributed by atoms with E-state index in [1.807, 2.05) is 0 Å². The second-order valence-corrected chi connectivity index (χ2v) is 6.53. The Balaban J connectivity index is 1.66. The summed E-state index contributed by atoms with van der Waals surface area (Å²) in [6, 6.07) is 0. The molecule has 0 radical (unpaired) electrons. The van der Waals surface area contributed by atoms with Crippen LogP contribution in [0.4, 0.5) is 0 Å². The molecule has 1 aliphatic heterocycles. The van der Waals surface area contributed by atoms with E-state index in [1.165, 1.54) is 19.3 Å². The molecule has 3 aliphatic rings. The Bertz CT molecular complexity index is 267. The third kappa shape index (κ3) is 1.55.